The fraction of sp³-hybridized carbons (Fsp3) is 0.933. The Morgan fingerprint density at radius 1 is 1.16 bits per heavy atom. The molecule has 0 aromatic rings. The first-order valence-electron chi connectivity index (χ1n) is 7.76. The van der Waals surface area contributed by atoms with E-state index in [4.69, 9.17) is 5.73 Å². The highest BCUT2D eigenvalue weighted by Gasteiger charge is 2.12. The number of nitrogens with one attached hydrogen (secondary N) is 1. The molecule has 0 aliphatic rings. The van der Waals surface area contributed by atoms with E-state index in [1.54, 1.807) is 0 Å². The third kappa shape index (κ3) is 9.91. The number of carbonyl (C=O) groups excluding carboxylic acids is 1. The smallest absolute Gasteiger partial charge is 0.222 e. The molecule has 0 radical (unpaired) electrons. The molecule has 0 aromatic carbocycles. The minimum atomic E-state index is 0.104. The van der Waals surface area contributed by atoms with Crippen molar-refractivity contribution in [3.05, 3.63) is 0 Å². The van der Waals surface area contributed by atoms with Crippen molar-refractivity contribution < 1.29 is 4.79 Å². The molecule has 0 aliphatic heterocycles. The number of hydrogen-bond donors (Lipinski definition) is 2. The van der Waals surface area contributed by atoms with Gasteiger partial charge in [-0.1, -0.05) is 27.2 Å². The molecule has 4 heteroatoms. The lowest BCUT2D eigenvalue weighted by molar-refractivity contribution is -0.124. The van der Waals surface area contributed by atoms with E-state index in [0.29, 0.717) is 0 Å². The molecule has 114 valence electrons. The summed E-state index contributed by atoms with van der Waals surface area (Å²) in [4.78, 5) is 14.2. The molecule has 1 amide bonds. The van der Waals surface area contributed by atoms with Crippen molar-refractivity contribution in [1.82, 2.24) is 10.2 Å². The van der Waals surface area contributed by atoms with Gasteiger partial charge in [0.1, 0.15) is 0 Å². The molecule has 2 atom stereocenters. The molecule has 0 bridgehead atoms. The van der Waals surface area contributed by atoms with Gasteiger partial charge in [-0.15, -0.1) is 0 Å². The van der Waals surface area contributed by atoms with Crippen LogP contribution >= 0.6 is 0 Å². The maximum Gasteiger partial charge on any atom is 0.222 e. The Kier molecular flexibility index (Phi) is 10.9. The summed E-state index contributed by atoms with van der Waals surface area (Å²) >= 11 is 0. The molecule has 0 heterocycles. The number of nitrogens with zero attached hydrogens (tertiary/aromatic N) is 1. The predicted octanol–water partition coefficient (Wildman–Crippen LogP) is 1.99. The Hall–Kier alpha value is -0.610. The van der Waals surface area contributed by atoms with Gasteiger partial charge in [0.05, 0.1) is 0 Å². The van der Waals surface area contributed by atoms with Crippen LogP contribution in [0.1, 0.15) is 53.4 Å². The van der Waals surface area contributed by atoms with E-state index >= 15 is 0 Å². The summed E-state index contributed by atoms with van der Waals surface area (Å²) in [6.07, 6.45) is 3.99. The monoisotopic (exact) mass is 271 g/mol. The molecule has 3 N–H and O–H groups in total. The maximum atomic E-state index is 11.8. The van der Waals surface area contributed by atoms with Gasteiger partial charge in [0.25, 0.3) is 0 Å². The molecule has 0 saturated heterocycles. The number of carbonyl (C=O) groups is 1. The van der Waals surface area contributed by atoms with Crippen molar-refractivity contribution in [1.29, 1.82) is 0 Å². The largest absolute Gasteiger partial charge is 0.356 e. The molecule has 2 unspecified atom stereocenters. The van der Waals surface area contributed by atoms with E-state index in [9.17, 15) is 4.79 Å². The van der Waals surface area contributed by atoms with Gasteiger partial charge in [0.15, 0.2) is 0 Å². The van der Waals surface area contributed by atoms with Crippen LogP contribution in [-0.4, -0.2) is 43.0 Å². The van der Waals surface area contributed by atoms with Gasteiger partial charge < -0.3 is 16.0 Å². The fourth-order valence-corrected chi connectivity index (χ4v) is 2.11. The lowest BCUT2D eigenvalue weighted by Crippen LogP contribution is -2.33. The predicted molar refractivity (Wildman–Crippen MR) is 82.1 cm³/mol. The summed E-state index contributed by atoms with van der Waals surface area (Å²) in [5.74, 6) is 0.288. The van der Waals surface area contributed by atoms with E-state index in [0.717, 1.165) is 51.9 Å². The second-order valence-electron chi connectivity index (χ2n) is 5.48. The van der Waals surface area contributed by atoms with Crippen molar-refractivity contribution in [2.75, 3.05) is 26.2 Å². The zero-order chi connectivity index (χ0) is 14.7. The summed E-state index contributed by atoms with van der Waals surface area (Å²) in [5, 5.41) is 3.03. The normalized spacial score (nSPS) is 14.4. The Morgan fingerprint density at radius 3 is 2.32 bits per heavy atom. The Labute approximate surface area is 119 Å². The molecule has 4 nitrogen and oxygen atoms in total. The maximum absolute atomic E-state index is 11.8. The summed E-state index contributed by atoms with van der Waals surface area (Å²) in [7, 11) is 0. The van der Waals surface area contributed by atoms with Crippen LogP contribution in [0.25, 0.3) is 0 Å². The molecule has 0 spiro atoms. The van der Waals surface area contributed by atoms with Crippen molar-refractivity contribution >= 4 is 5.91 Å². The standard InChI is InChI=1S/C15H33N3O/c1-5-18(6-2)12-8-11-17-15(19)13(3)9-7-10-14(4)16/h13-14H,5-12,16H2,1-4H3,(H,17,19). The average Bonchev–Trinajstić information content (AvgIpc) is 2.38. The van der Waals surface area contributed by atoms with E-state index in [1.807, 2.05) is 13.8 Å². The third-order valence-electron chi connectivity index (χ3n) is 3.59. The Balaban J connectivity index is 3.62. The van der Waals surface area contributed by atoms with E-state index < -0.39 is 0 Å². The summed E-state index contributed by atoms with van der Waals surface area (Å²) in [5.41, 5.74) is 5.70. The molecule has 0 saturated carbocycles. The molecular formula is C15H33N3O. The van der Waals surface area contributed by atoms with Crippen molar-refractivity contribution in [2.45, 2.75) is 59.4 Å². The van der Waals surface area contributed by atoms with E-state index in [1.165, 1.54) is 0 Å². The summed E-state index contributed by atoms with van der Waals surface area (Å²) in [6.45, 7) is 12.4. The molecular weight excluding hydrogens is 238 g/mol. The highest BCUT2D eigenvalue weighted by molar-refractivity contribution is 5.78. The fourth-order valence-electron chi connectivity index (χ4n) is 2.11. The third-order valence-corrected chi connectivity index (χ3v) is 3.59. The van der Waals surface area contributed by atoms with Crippen molar-refractivity contribution in [3.63, 3.8) is 0 Å². The first kappa shape index (κ1) is 18.4. The van der Waals surface area contributed by atoms with Crippen molar-refractivity contribution in [3.8, 4) is 0 Å². The quantitative estimate of drug-likeness (QED) is 0.565. The van der Waals surface area contributed by atoms with Gasteiger partial charge in [-0.3, -0.25) is 4.79 Å². The van der Waals surface area contributed by atoms with Gasteiger partial charge in [-0.25, -0.2) is 0 Å². The van der Waals surface area contributed by atoms with Crippen LogP contribution in [0.3, 0.4) is 0 Å². The SMILES string of the molecule is CCN(CC)CCCNC(=O)C(C)CCCC(C)N. The first-order chi connectivity index (χ1) is 9.01. The minimum absolute atomic E-state index is 0.104. The highest BCUT2D eigenvalue weighted by atomic mass is 16.1. The highest BCUT2D eigenvalue weighted by Crippen LogP contribution is 2.08. The lowest BCUT2D eigenvalue weighted by atomic mass is 10.0. The Morgan fingerprint density at radius 2 is 1.79 bits per heavy atom. The molecule has 0 aliphatic carbocycles. The number of nitrogens with two attached hydrogens (primary N) is 1. The van der Waals surface area contributed by atoms with E-state index in [2.05, 4.69) is 24.1 Å². The van der Waals surface area contributed by atoms with Gasteiger partial charge >= 0.3 is 0 Å². The van der Waals surface area contributed by atoms with Gasteiger partial charge in [-0.2, -0.15) is 0 Å². The summed E-state index contributed by atoms with van der Waals surface area (Å²) < 4.78 is 0. The van der Waals surface area contributed by atoms with Crippen LogP contribution in [0.4, 0.5) is 0 Å². The zero-order valence-corrected chi connectivity index (χ0v) is 13.2. The number of rotatable bonds is 11. The van der Waals surface area contributed by atoms with Crippen LogP contribution in [0.2, 0.25) is 0 Å². The van der Waals surface area contributed by atoms with Crippen LogP contribution in [0, 0.1) is 5.92 Å². The van der Waals surface area contributed by atoms with Gasteiger partial charge in [0.2, 0.25) is 5.91 Å². The molecule has 0 fully saturated rings. The molecule has 0 aromatic heterocycles. The first-order valence-corrected chi connectivity index (χ1v) is 7.76. The van der Waals surface area contributed by atoms with Crippen LogP contribution in [0.15, 0.2) is 0 Å². The Bertz CT molecular complexity index is 227. The summed E-state index contributed by atoms with van der Waals surface area (Å²) in [6, 6.07) is 0.240. The number of amides is 1. The second kappa shape index (κ2) is 11.2. The lowest BCUT2D eigenvalue weighted by Gasteiger charge is -2.18. The second-order valence-corrected chi connectivity index (χ2v) is 5.48. The molecule has 0 rings (SSSR count). The minimum Gasteiger partial charge on any atom is -0.356 e. The van der Waals surface area contributed by atoms with Crippen LogP contribution in [0.5, 0.6) is 0 Å². The number of hydrogen-bond acceptors (Lipinski definition) is 3. The zero-order valence-electron chi connectivity index (χ0n) is 13.2. The van der Waals surface area contributed by atoms with E-state index in [-0.39, 0.29) is 17.9 Å². The van der Waals surface area contributed by atoms with Gasteiger partial charge in [-0.05, 0) is 45.8 Å². The van der Waals surface area contributed by atoms with Crippen molar-refractivity contribution in [2.24, 2.45) is 11.7 Å². The van der Waals surface area contributed by atoms with Crippen LogP contribution in [-0.2, 0) is 4.79 Å². The van der Waals surface area contributed by atoms with Gasteiger partial charge in [0, 0.05) is 18.5 Å². The average molecular weight is 271 g/mol. The van der Waals surface area contributed by atoms with Crippen LogP contribution < -0.4 is 11.1 Å². The topological polar surface area (TPSA) is 58.4 Å². The molecule has 19 heavy (non-hydrogen) atoms.